The van der Waals surface area contributed by atoms with Gasteiger partial charge in [0, 0.05) is 49.3 Å². The number of aromatic nitrogens is 1. The van der Waals surface area contributed by atoms with Crippen LogP contribution in [0.3, 0.4) is 0 Å². The van der Waals surface area contributed by atoms with Gasteiger partial charge in [-0.1, -0.05) is 0 Å². The van der Waals surface area contributed by atoms with Gasteiger partial charge in [0.2, 0.25) is 5.43 Å². The van der Waals surface area contributed by atoms with Gasteiger partial charge in [0.05, 0.1) is 12.7 Å². The van der Waals surface area contributed by atoms with Crippen molar-refractivity contribution in [3.8, 4) is 0 Å². The van der Waals surface area contributed by atoms with Crippen LogP contribution in [0.2, 0.25) is 0 Å². The molecule has 0 aliphatic carbocycles. The summed E-state index contributed by atoms with van der Waals surface area (Å²) < 4.78 is 18.6. The molecule has 1 fully saturated rings. The predicted octanol–water partition coefficient (Wildman–Crippen LogP) is 0.980. The number of nitrogens with one attached hydrogen (secondary N) is 1. The Labute approximate surface area is 178 Å². The van der Waals surface area contributed by atoms with Gasteiger partial charge in [-0.25, -0.2) is 4.39 Å². The number of likely N-dealkylation sites (tertiary alicyclic amines) is 1. The third kappa shape index (κ3) is 5.46. The second-order valence-electron chi connectivity index (χ2n) is 7.47. The third-order valence-electron chi connectivity index (χ3n) is 5.58. The first-order valence-electron chi connectivity index (χ1n) is 9.79. The van der Waals surface area contributed by atoms with Crippen molar-refractivity contribution >= 4 is 23.3 Å². The molecule has 4 N–H and O–H groups in total. The number of ether oxygens (including phenoxy) is 1. The number of aliphatic hydroxyl groups excluding tert-OH is 2. The number of aliphatic hydroxyl groups is 2. The fourth-order valence-corrected chi connectivity index (χ4v) is 3.89. The van der Waals surface area contributed by atoms with Crippen LogP contribution in [0.5, 0.6) is 0 Å². The molecule has 31 heavy (non-hydrogen) atoms. The second-order valence-corrected chi connectivity index (χ2v) is 7.47. The molecule has 2 heterocycles. The summed E-state index contributed by atoms with van der Waals surface area (Å²) in [7, 11) is 1.58. The number of pyridine rings is 1. The fraction of sp³-hybridized carbons (Fsp3) is 0.476. The average Bonchev–Trinajstić information content (AvgIpc) is 2.76. The lowest BCUT2D eigenvalue weighted by atomic mass is 9.74. The number of nitrogens with zero attached hydrogens (tertiary/aromatic N) is 1. The van der Waals surface area contributed by atoms with Gasteiger partial charge in [-0.05, 0) is 37.5 Å². The van der Waals surface area contributed by atoms with Crippen molar-refractivity contribution in [1.82, 2.24) is 9.88 Å². The maximum absolute atomic E-state index is 13.5. The van der Waals surface area contributed by atoms with Crippen LogP contribution in [-0.4, -0.2) is 77.1 Å². The Balaban J connectivity index is 0.00000107. The van der Waals surface area contributed by atoms with Crippen LogP contribution >= 0.6 is 0 Å². The Bertz CT molecular complexity index is 964. The highest BCUT2D eigenvalue weighted by atomic mass is 19.1. The zero-order chi connectivity index (χ0) is 23.0. The number of rotatable bonds is 6. The number of carbonyl (C=O) groups excluding carboxylic acids is 1. The largest absolute Gasteiger partial charge is 0.483 e. The van der Waals surface area contributed by atoms with E-state index in [1.54, 1.807) is 7.11 Å². The number of fused-ring (bicyclic) bond motifs is 1. The highest BCUT2D eigenvalue weighted by Crippen LogP contribution is 2.35. The Morgan fingerprint density at radius 2 is 2.16 bits per heavy atom. The first kappa shape index (κ1) is 24.4. The summed E-state index contributed by atoms with van der Waals surface area (Å²) in [6.45, 7) is 0.361. The van der Waals surface area contributed by atoms with Gasteiger partial charge in [-0.2, -0.15) is 0 Å². The van der Waals surface area contributed by atoms with E-state index < -0.39 is 28.7 Å². The van der Waals surface area contributed by atoms with Crippen LogP contribution < -0.4 is 5.43 Å². The molecule has 3 rings (SSSR count). The summed E-state index contributed by atoms with van der Waals surface area (Å²) in [6, 6.07) is 3.79. The van der Waals surface area contributed by atoms with Crippen LogP contribution in [0.1, 0.15) is 29.6 Å². The van der Waals surface area contributed by atoms with E-state index in [9.17, 15) is 24.2 Å². The maximum Gasteiger partial charge on any atom is 0.290 e. The Hall–Kier alpha value is -2.82. The molecule has 0 unspecified atom stereocenters. The molecule has 170 valence electrons. The zero-order valence-electron chi connectivity index (χ0n) is 17.2. The number of aromatic amines is 1. The second kappa shape index (κ2) is 11.0. The van der Waals surface area contributed by atoms with Crippen molar-refractivity contribution in [2.75, 3.05) is 33.4 Å². The molecule has 0 saturated carbocycles. The summed E-state index contributed by atoms with van der Waals surface area (Å²) in [5.74, 6) is -1.05. The minimum atomic E-state index is -0.859. The minimum absolute atomic E-state index is 0.0850. The SMILES string of the molecule is COCCC[C@@]1(CO)CN(C(=O)c2c[nH]c3ccc(F)cc3c2=O)CC[C@H]1O.O=CO. The van der Waals surface area contributed by atoms with Crippen LogP contribution in [0, 0.1) is 11.2 Å². The molecule has 9 nitrogen and oxygen atoms in total. The summed E-state index contributed by atoms with van der Waals surface area (Å²) in [4.78, 5) is 38.4. The summed E-state index contributed by atoms with van der Waals surface area (Å²) in [6.07, 6.45) is 2.01. The molecule has 1 aliphatic heterocycles. The van der Waals surface area contributed by atoms with Crippen molar-refractivity contribution in [1.29, 1.82) is 0 Å². The number of carboxylic acid groups (broad SMARTS) is 1. The smallest absolute Gasteiger partial charge is 0.290 e. The molecule has 2 aromatic rings. The first-order valence-corrected chi connectivity index (χ1v) is 9.79. The van der Waals surface area contributed by atoms with Crippen LogP contribution in [0.15, 0.2) is 29.2 Å². The lowest BCUT2D eigenvalue weighted by Crippen LogP contribution is -2.55. The number of halogens is 1. The first-order chi connectivity index (χ1) is 14.8. The number of piperidine rings is 1. The molecule has 1 saturated heterocycles. The quantitative estimate of drug-likeness (QED) is 0.389. The molecule has 2 atom stereocenters. The molecule has 0 bridgehead atoms. The highest BCUT2D eigenvalue weighted by Gasteiger charge is 2.43. The Morgan fingerprint density at radius 1 is 1.45 bits per heavy atom. The molecular formula is C21H27FN2O7. The van der Waals surface area contributed by atoms with Gasteiger partial charge >= 0.3 is 0 Å². The number of amides is 1. The molecular weight excluding hydrogens is 411 g/mol. The van der Waals surface area contributed by atoms with Crippen molar-refractivity contribution < 1.29 is 34.0 Å². The van der Waals surface area contributed by atoms with E-state index >= 15 is 0 Å². The molecule has 1 aromatic heterocycles. The number of benzene rings is 1. The van der Waals surface area contributed by atoms with Gasteiger partial charge in [0.25, 0.3) is 12.4 Å². The molecule has 1 aromatic carbocycles. The normalized spacial score (nSPS) is 20.8. The monoisotopic (exact) mass is 438 g/mol. The number of H-pyrrole nitrogens is 1. The number of hydrogen-bond acceptors (Lipinski definition) is 6. The van der Waals surface area contributed by atoms with E-state index in [1.165, 1.54) is 23.2 Å². The summed E-state index contributed by atoms with van der Waals surface area (Å²) in [5.41, 5.74) is -1.04. The molecule has 1 aliphatic rings. The van der Waals surface area contributed by atoms with Crippen molar-refractivity contribution in [2.45, 2.75) is 25.4 Å². The van der Waals surface area contributed by atoms with Crippen molar-refractivity contribution in [3.63, 3.8) is 0 Å². The zero-order valence-corrected chi connectivity index (χ0v) is 17.2. The summed E-state index contributed by atoms with van der Waals surface area (Å²) >= 11 is 0. The van der Waals surface area contributed by atoms with Gasteiger partial charge < -0.3 is 29.9 Å². The minimum Gasteiger partial charge on any atom is -0.483 e. The Morgan fingerprint density at radius 3 is 2.81 bits per heavy atom. The van der Waals surface area contributed by atoms with Crippen LogP contribution in [0.4, 0.5) is 4.39 Å². The van der Waals surface area contributed by atoms with Gasteiger partial charge in [-0.3, -0.25) is 14.4 Å². The van der Waals surface area contributed by atoms with Gasteiger partial charge in [0.15, 0.2) is 0 Å². The molecule has 10 heteroatoms. The molecule has 1 amide bonds. The highest BCUT2D eigenvalue weighted by molar-refractivity contribution is 5.97. The Kier molecular flexibility index (Phi) is 8.66. The maximum atomic E-state index is 13.5. The van der Waals surface area contributed by atoms with Crippen LogP contribution in [-0.2, 0) is 9.53 Å². The number of methoxy groups -OCH3 is 1. The van der Waals surface area contributed by atoms with Crippen molar-refractivity contribution in [3.05, 3.63) is 46.0 Å². The van der Waals surface area contributed by atoms with E-state index in [0.29, 0.717) is 31.4 Å². The molecule has 0 radical (unpaired) electrons. The lowest BCUT2D eigenvalue weighted by molar-refractivity contribution is -0.122. The third-order valence-corrected chi connectivity index (χ3v) is 5.58. The van der Waals surface area contributed by atoms with E-state index in [-0.39, 0.29) is 37.1 Å². The van der Waals surface area contributed by atoms with Gasteiger partial charge in [0.1, 0.15) is 11.4 Å². The average molecular weight is 438 g/mol. The molecule has 0 spiro atoms. The standard InChI is InChI=1S/C20H25FN2O5.CH2O2/c1-28-8-2-6-20(12-24)11-23(7-5-17(20)25)19(27)15-10-22-16-4-3-13(21)9-14(16)18(15)26;2-1-3/h3-4,9-10,17,24-25H,2,5-8,11-12H2,1H3,(H,22,26);1H,(H,2,3)/t17-,20+;/m1./s1. The number of carbonyl (C=O) groups is 2. The van der Waals surface area contributed by atoms with E-state index in [4.69, 9.17) is 14.6 Å². The topological polar surface area (TPSA) is 140 Å². The van der Waals surface area contributed by atoms with Crippen molar-refractivity contribution in [2.24, 2.45) is 5.41 Å². The fourth-order valence-electron chi connectivity index (χ4n) is 3.89. The van der Waals surface area contributed by atoms with E-state index in [1.807, 2.05) is 0 Å². The number of hydrogen-bond donors (Lipinski definition) is 4. The predicted molar refractivity (Wildman–Crippen MR) is 110 cm³/mol. The van der Waals surface area contributed by atoms with E-state index in [0.717, 1.165) is 6.07 Å². The van der Waals surface area contributed by atoms with E-state index in [2.05, 4.69) is 4.98 Å². The van der Waals surface area contributed by atoms with Gasteiger partial charge in [-0.15, -0.1) is 0 Å². The van der Waals surface area contributed by atoms with Crippen LogP contribution in [0.25, 0.3) is 10.9 Å². The lowest BCUT2D eigenvalue weighted by Gasteiger charge is -2.45. The summed E-state index contributed by atoms with van der Waals surface area (Å²) in [5, 5.41) is 27.4.